The molecule has 1 aromatic carbocycles. The SMILES string of the molecule is C=CCOC[C@@H]1C[C@H](N)c2cc(OC)ccc21. The lowest BCUT2D eigenvalue weighted by Crippen LogP contribution is -2.08. The number of nitrogens with two attached hydrogens (primary N) is 1. The number of rotatable bonds is 5. The van der Waals surface area contributed by atoms with Crippen LogP contribution in [0.25, 0.3) is 0 Å². The molecule has 0 saturated carbocycles. The average Bonchev–Trinajstić information content (AvgIpc) is 2.66. The topological polar surface area (TPSA) is 44.5 Å². The Hall–Kier alpha value is -1.32. The summed E-state index contributed by atoms with van der Waals surface area (Å²) in [4.78, 5) is 0. The van der Waals surface area contributed by atoms with Gasteiger partial charge in [0.05, 0.1) is 20.3 Å². The van der Waals surface area contributed by atoms with E-state index in [0.717, 1.165) is 12.2 Å². The molecule has 3 nitrogen and oxygen atoms in total. The standard InChI is InChI=1S/C14H19NO2/c1-3-6-17-9-10-7-14(15)13-8-11(16-2)4-5-12(10)13/h3-5,8,10,14H,1,6-7,9,15H2,2H3/t10-,14-/m0/s1. The molecule has 92 valence electrons. The molecule has 0 amide bonds. The zero-order valence-corrected chi connectivity index (χ0v) is 10.2. The van der Waals surface area contributed by atoms with Crippen molar-refractivity contribution in [1.82, 2.24) is 0 Å². The molecular formula is C14H19NO2. The predicted octanol–water partition coefficient (Wildman–Crippen LogP) is 2.38. The highest BCUT2D eigenvalue weighted by molar-refractivity contribution is 5.43. The van der Waals surface area contributed by atoms with Gasteiger partial charge in [-0.15, -0.1) is 6.58 Å². The molecule has 3 heteroatoms. The van der Waals surface area contributed by atoms with Crippen LogP contribution >= 0.6 is 0 Å². The molecule has 0 unspecified atom stereocenters. The molecule has 0 aromatic heterocycles. The lowest BCUT2D eigenvalue weighted by atomic mass is 10.0. The Bertz CT molecular complexity index is 403. The van der Waals surface area contributed by atoms with Gasteiger partial charge in [0, 0.05) is 12.0 Å². The van der Waals surface area contributed by atoms with Gasteiger partial charge in [-0.25, -0.2) is 0 Å². The lowest BCUT2D eigenvalue weighted by Gasteiger charge is -2.11. The first-order chi connectivity index (χ1) is 8.26. The summed E-state index contributed by atoms with van der Waals surface area (Å²) in [6.45, 7) is 4.94. The van der Waals surface area contributed by atoms with E-state index in [1.54, 1.807) is 13.2 Å². The highest BCUT2D eigenvalue weighted by Gasteiger charge is 2.28. The van der Waals surface area contributed by atoms with E-state index in [2.05, 4.69) is 12.6 Å². The molecule has 0 saturated heterocycles. The van der Waals surface area contributed by atoms with Crippen molar-refractivity contribution in [2.24, 2.45) is 5.73 Å². The van der Waals surface area contributed by atoms with E-state index in [4.69, 9.17) is 15.2 Å². The van der Waals surface area contributed by atoms with Crippen LogP contribution in [0.3, 0.4) is 0 Å². The molecule has 2 atom stereocenters. The molecule has 0 fully saturated rings. The Kier molecular flexibility index (Phi) is 3.82. The van der Waals surface area contributed by atoms with E-state index in [1.807, 2.05) is 12.1 Å². The maximum absolute atomic E-state index is 6.13. The van der Waals surface area contributed by atoms with Gasteiger partial charge in [-0.3, -0.25) is 0 Å². The van der Waals surface area contributed by atoms with Gasteiger partial charge in [-0.05, 0) is 29.7 Å². The van der Waals surface area contributed by atoms with Gasteiger partial charge in [0.1, 0.15) is 5.75 Å². The summed E-state index contributed by atoms with van der Waals surface area (Å²) in [5.41, 5.74) is 8.62. The van der Waals surface area contributed by atoms with Crippen LogP contribution in [0.2, 0.25) is 0 Å². The van der Waals surface area contributed by atoms with Crippen molar-refractivity contribution in [2.45, 2.75) is 18.4 Å². The van der Waals surface area contributed by atoms with Gasteiger partial charge in [-0.1, -0.05) is 12.1 Å². The second-order valence-corrected chi connectivity index (χ2v) is 4.36. The summed E-state index contributed by atoms with van der Waals surface area (Å²) >= 11 is 0. The molecule has 0 bridgehead atoms. The van der Waals surface area contributed by atoms with Crippen LogP contribution in [-0.4, -0.2) is 20.3 Å². The first-order valence-electron chi connectivity index (χ1n) is 5.88. The molecule has 1 aliphatic rings. The minimum Gasteiger partial charge on any atom is -0.497 e. The monoisotopic (exact) mass is 233 g/mol. The second kappa shape index (κ2) is 5.34. The summed E-state index contributed by atoms with van der Waals surface area (Å²) in [7, 11) is 1.67. The van der Waals surface area contributed by atoms with E-state index >= 15 is 0 Å². The fourth-order valence-electron chi connectivity index (χ4n) is 2.38. The molecule has 1 aromatic rings. The summed E-state index contributed by atoms with van der Waals surface area (Å²) in [6.07, 6.45) is 2.71. The van der Waals surface area contributed by atoms with Gasteiger partial charge >= 0.3 is 0 Å². The van der Waals surface area contributed by atoms with Crippen molar-refractivity contribution < 1.29 is 9.47 Å². The maximum atomic E-state index is 6.13. The minimum atomic E-state index is 0.0948. The van der Waals surface area contributed by atoms with Crippen LogP contribution in [0.4, 0.5) is 0 Å². The van der Waals surface area contributed by atoms with Crippen LogP contribution in [0.15, 0.2) is 30.9 Å². The molecule has 0 radical (unpaired) electrons. The van der Waals surface area contributed by atoms with Crippen LogP contribution < -0.4 is 10.5 Å². The summed E-state index contributed by atoms with van der Waals surface area (Å²) in [6, 6.07) is 6.21. The molecule has 0 heterocycles. The second-order valence-electron chi connectivity index (χ2n) is 4.36. The Morgan fingerprint density at radius 3 is 3.00 bits per heavy atom. The predicted molar refractivity (Wildman–Crippen MR) is 68.3 cm³/mol. The van der Waals surface area contributed by atoms with Crippen LogP contribution in [0, 0.1) is 0 Å². The van der Waals surface area contributed by atoms with Crippen molar-refractivity contribution in [1.29, 1.82) is 0 Å². The number of hydrogen-bond donors (Lipinski definition) is 1. The van der Waals surface area contributed by atoms with Gasteiger partial charge in [0.15, 0.2) is 0 Å². The Labute approximate surface area is 102 Å². The van der Waals surface area contributed by atoms with Gasteiger partial charge in [0.25, 0.3) is 0 Å². The largest absolute Gasteiger partial charge is 0.497 e. The Morgan fingerprint density at radius 1 is 1.47 bits per heavy atom. The number of benzene rings is 1. The summed E-state index contributed by atoms with van der Waals surface area (Å²) in [5.74, 6) is 1.26. The molecule has 2 N–H and O–H groups in total. The van der Waals surface area contributed by atoms with Gasteiger partial charge in [-0.2, -0.15) is 0 Å². The zero-order chi connectivity index (χ0) is 12.3. The highest BCUT2D eigenvalue weighted by Crippen LogP contribution is 2.40. The number of methoxy groups -OCH3 is 1. The fraction of sp³-hybridized carbons (Fsp3) is 0.429. The quantitative estimate of drug-likeness (QED) is 0.627. The van der Waals surface area contributed by atoms with E-state index < -0.39 is 0 Å². The van der Waals surface area contributed by atoms with Crippen LogP contribution in [0.5, 0.6) is 5.75 Å². The van der Waals surface area contributed by atoms with E-state index in [-0.39, 0.29) is 6.04 Å². The molecule has 0 spiro atoms. The maximum Gasteiger partial charge on any atom is 0.119 e. The molecule has 2 rings (SSSR count). The van der Waals surface area contributed by atoms with Crippen LogP contribution in [0.1, 0.15) is 29.5 Å². The number of hydrogen-bond acceptors (Lipinski definition) is 3. The number of fused-ring (bicyclic) bond motifs is 1. The summed E-state index contributed by atoms with van der Waals surface area (Å²) < 4.78 is 10.7. The van der Waals surface area contributed by atoms with Crippen molar-refractivity contribution >= 4 is 0 Å². The average molecular weight is 233 g/mol. The Morgan fingerprint density at radius 2 is 2.29 bits per heavy atom. The van der Waals surface area contributed by atoms with E-state index in [1.165, 1.54) is 11.1 Å². The molecule has 0 aliphatic heterocycles. The third-order valence-corrected chi connectivity index (χ3v) is 3.23. The zero-order valence-electron chi connectivity index (χ0n) is 10.2. The molecule has 1 aliphatic carbocycles. The van der Waals surface area contributed by atoms with Crippen molar-refractivity contribution in [3.63, 3.8) is 0 Å². The van der Waals surface area contributed by atoms with Crippen molar-refractivity contribution in [3.8, 4) is 5.75 Å². The van der Waals surface area contributed by atoms with Gasteiger partial charge in [0.2, 0.25) is 0 Å². The summed E-state index contributed by atoms with van der Waals surface area (Å²) in [5, 5.41) is 0. The lowest BCUT2D eigenvalue weighted by molar-refractivity contribution is 0.144. The number of ether oxygens (including phenoxy) is 2. The molecular weight excluding hydrogens is 214 g/mol. The van der Waals surface area contributed by atoms with E-state index in [0.29, 0.717) is 19.1 Å². The fourth-order valence-corrected chi connectivity index (χ4v) is 2.38. The van der Waals surface area contributed by atoms with Crippen LogP contribution in [-0.2, 0) is 4.74 Å². The molecule has 17 heavy (non-hydrogen) atoms. The smallest absolute Gasteiger partial charge is 0.119 e. The van der Waals surface area contributed by atoms with Gasteiger partial charge < -0.3 is 15.2 Å². The normalized spacial score (nSPS) is 22.2. The first-order valence-corrected chi connectivity index (χ1v) is 5.88. The van der Waals surface area contributed by atoms with Crippen molar-refractivity contribution in [3.05, 3.63) is 42.0 Å². The van der Waals surface area contributed by atoms with Crippen molar-refractivity contribution in [2.75, 3.05) is 20.3 Å². The minimum absolute atomic E-state index is 0.0948. The van der Waals surface area contributed by atoms with E-state index in [9.17, 15) is 0 Å². The Balaban J connectivity index is 2.13. The first kappa shape index (κ1) is 12.1. The third-order valence-electron chi connectivity index (χ3n) is 3.23. The third kappa shape index (κ3) is 2.51. The highest BCUT2D eigenvalue weighted by atomic mass is 16.5.